The molecule has 1 atom stereocenters. The topological polar surface area (TPSA) is 126 Å². The highest BCUT2D eigenvalue weighted by molar-refractivity contribution is 7.16. The Kier molecular flexibility index (Phi) is 17.0. The Bertz CT molecular complexity index is 1630. The molecule has 0 saturated carbocycles. The number of ether oxygens (including phenoxy) is 5. The number of anilines is 1. The first-order chi connectivity index (χ1) is 24.9. The minimum atomic E-state index is -2.16. The van der Waals surface area contributed by atoms with E-state index in [4.69, 9.17) is 28.1 Å². The van der Waals surface area contributed by atoms with E-state index in [1.165, 1.54) is 40.4 Å². The molecule has 0 aliphatic rings. The number of halogens is 1. The maximum atomic E-state index is 14.9. The number of aromatic nitrogens is 1. The third-order valence-corrected chi connectivity index (χ3v) is 13.9. The van der Waals surface area contributed by atoms with Gasteiger partial charge in [0.1, 0.15) is 11.2 Å². The molecule has 1 aromatic carbocycles. The lowest BCUT2D eigenvalue weighted by Crippen LogP contribution is -2.46. The summed E-state index contributed by atoms with van der Waals surface area (Å²) in [6, 6.07) is 4.38. The van der Waals surface area contributed by atoms with Crippen LogP contribution < -0.4 is 9.64 Å². The number of thiazole rings is 1. The summed E-state index contributed by atoms with van der Waals surface area (Å²) in [6.45, 7) is 22.3. The Labute approximate surface area is 326 Å². The van der Waals surface area contributed by atoms with Crippen LogP contribution in [0.3, 0.4) is 0 Å². The van der Waals surface area contributed by atoms with Crippen LogP contribution in [0.5, 0.6) is 5.75 Å². The maximum Gasteiger partial charge on any atom is 0.416 e. The van der Waals surface area contributed by atoms with Crippen molar-refractivity contribution in [2.45, 2.75) is 117 Å². The first-order valence-electron chi connectivity index (χ1n) is 18.0. The molecule has 2 rings (SSSR count). The second-order valence-electron chi connectivity index (χ2n) is 16.4. The molecule has 1 unspecified atom stereocenters. The molecule has 1 aromatic heterocycles. The van der Waals surface area contributed by atoms with Gasteiger partial charge in [-0.3, -0.25) is 4.90 Å². The minimum Gasteiger partial charge on any atom is -0.491 e. The van der Waals surface area contributed by atoms with Gasteiger partial charge in [0.05, 0.1) is 33.0 Å². The molecule has 0 aliphatic carbocycles. The van der Waals surface area contributed by atoms with Gasteiger partial charge in [-0.15, -0.1) is 11.3 Å². The molecular weight excluding hydrogens is 734 g/mol. The predicted octanol–water partition coefficient (Wildman–Crippen LogP) is 8.47. The van der Waals surface area contributed by atoms with Crippen LogP contribution in [0.4, 0.5) is 19.1 Å². The van der Waals surface area contributed by atoms with Gasteiger partial charge in [0.2, 0.25) is 0 Å². The van der Waals surface area contributed by atoms with Gasteiger partial charge < -0.3 is 33.0 Å². The minimum absolute atomic E-state index is 0.0276. The van der Waals surface area contributed by atoms with Gasteiger partial charge in [0.25, 0.3) is 0 Å². The molecule has 15 heteroatoms. The zero-order valence-electron chi connectivity index (χ0n) is 34.6. The second kappa shape index (κ2) is 19.7. The Morgan fingerprint density at radius 2 is 1.61 bits per heavy atom. The Morgan fingerprint density at radius 3 is 2.17 bits per heavy atom. The molecule has 0 bridgehead atoms. The van der Waals surface area contributed by atoms with Gasteiger partial charge in [-0.25, -0.2) is 23.8 Å². The zero-order chi connectivity index (χ0) is 41.1. The van der Waals surface area contributed by atoms with Crippen LogP contribution in [-0.4, -0.2) is 101 Å². The summed E-state index contributed by atoms with van der Waals surface area (Å²) in [6.07, 6.45) is -0.198. The van der Waals surface area contributed by atoms with Crippen LogP contribution in [0.2, 0.25) is 18.1 Å². The average molecular weight is 794 g/mol. The van der Waals surface area contributed by atoms with Gasteiger partial charge in [-0.05, 0) is 97.1 Å². The molecular formula is C39H60FN3O9SSi. The molecule has 0 saturated heterocycles. The number of rotatable bonds is 15. The number of benzene rings is 1. The van der Waals surface area contributed by atoms with Gasteiger partial charge in [0.15, 0.2) is 30.7 Å². The number of nitrogens with zero attached hydrogens (tertiary/aromatic N) is 3. The van der Waals surface area contributed by atoms with Crippen molar-refractivity contribution >= 4 is 42.9 Å². The Balaban J connectivity index is 2.20. The van der Waals surface area contributed by atoms with Gasteiger partial charge >= 0.3 is 18.2 Å². The molecule has 0 aliphatic heterocycles. The fourth-order valence-electron chi connectivity index (χ4n) is 4.47. The lowest BCUT2D eigenvalue weighted by atomic mass is 10.2. The highest BCUT2D eigenvalue weighted by Crippen LogP contribution is 2.38. The van der Waals surface area contributed by atoms with Crippen LogP contribution >= 0.6 is 11.3 Å². The fraction of sp³-hybridized carbons (Fsp3) is 0.641. The van der Waals surface area contributed by atoms with Gasteiger partial charge in [-0.2, -0.15) is 0 Å². The number of aryl methyl sites for hydroxylation is 1. The monoisotopic (exact) mass is 793 g/mol. The van der Waals surface area contributed by atoms with Crippen LogP contribution in [0.15, 0.2) is 18.2 Å². The van der Waals surface area contributed by atoms with Crippen molar-refractivity contribution in [1.82, 2.24) is 9.88 Å². The molecule has 54 heavy (non-hydrogen) atoms. The van der Waals surface area contributed by atoms with Crippen molar-refractivity contribution in [1.29, 1.82) is 0 Å². The molecule has 0 radical (unpaired) electrons. The number of carbonyl (C=O) groups is 3. The first-order valence-corrected chi connectivity index (χ1v) is 21.7. The number of amides is 2. The lowest BCUT2D eigenvalue weighted by Gasteiger charge is -2.39. The lowest BCUT2D eigenvalue weighted by molar-refractivity contribution is 0.0320. The third-order valence-electron chi connectivity index (χ3n) is 8.20. The highest BCUT2D eigenvalue weighted by Gasteiger charge is 2.39. The van der Waals surface area contributed by atoms with E-state index in [9.17, 15) is 18.8 Å². The van der Waals surface area contributed by atoms with E-state index in [1.54, 1.807) is 61.8 Å². The smallest absolute Gasteiger partial charge is 0.416 e. The summed E-state index contributed by atoms with van der Waals surface area (Å²) in [5.41, 5.74) is -0.890. The van der Waals surface area contributed by atoms with Crippen LogP contribution in [0.1, 0.15) is 96.1 Å². The molecule has 0 N–H and O–H groups in total. The van der Waals surface area contributed by atoms with Crippen molar-refractivity contribution < 1.29 is 46.9 Å². The summed E-state index contributed by atoms with van der Waals surface area (Å²) in [4.78, 5) is 46.4. The van der Waals surface area contributed by atoms with Crippen LogP contribution in [-0.2, 0) is 29.8 Å². The van der Waals surface area contributed by atoms with E-state index < -0.39 is 43.5 Å². The van der Waals surface area contributed by atoms with Gasteiger partial charge in [0, 0.05) is 31.1 Å². The maximum absolute atomic E-state index is 14.9. The number of esters is 1. The fourth-order valence-corrected chi connectivity index (χ4v) is 6.94. The zero-order valence-corrected chi connectivity index (χ0v) is 36.4. The van der Waals surface area contributed by atoms with E-state index in [0.717, 1.165) is 0 Å². The Hall–Kier alpha value is -3.71. The standard InChI is InChI=1S/C39H60FN3O9SSi/c1-37(2,3)50-35(45)42(10)22-15-17-27-19-20-30(29(40)25-27)49-24-16-18-31-32(33(44)48-12)41-34(53-31)43(36(46)51-38(4,5)6)23-21-28(26-47-11)52-54(13,14)39(7,8)9/h19-20,25,28H,16,18,21-24,26H2,1-14H3. The third kappa shape index (κ3) is 15.2. The summed E-state index contributed by atoms with van der Waals surface area (Å²) in [7, 11) is 2.29. The van der Waals surface area contributed by atoms with Gasteiger partial charge in [-0.1, -0.05) is 32.6 Å². The quantitative estimate of drug-likeness (QED) is 0.0570. The van der Waals surface area contributed by atoms with E-state index in [-0.39, 0.29) is 47.4 Å². The van der Waals surface area contributed by atoms with Crippen molar-refractivity contribution in [2.24, 2.45) is 0 Å². The van der Waals surface area contributed by atoms with Crippen molar-refractivity contribution in [2.75, 3.05) is 52.5 Å². The van der Waals surface area contributed by atoms with Crippen molar-refractivity contribution in [3.63, 3.8) is 0 Å². The normalized spacial score (nSPS) is 12.6. The second-order valence-corrected chi connectivity index (χ2v) is 22.2. The number of carbonyl (C=O) groups excluding carboxylic acids is 3. The van der Waals surface area contributed by atoms with E-state index in [1.807, 2.05) is 0 Å². The van der Waals surface area contributed by atoms with E-state index in [0.29, 0.717) is 36.3 Å². The number of hydrogen-bond donors (Lipinski definition) is 0. The highest BCUT2D eigenvalue weighted by atomic mass is 32.1. The van der Waals surface area contributed by atoms with Crippen molar-refractivity contribution in [3.05, 3.63) is 40.2 Å². The molecule has 0 fully saturated rings. The van der Waals surface area contributed by atoms with Crippen molar-refractivity contribution in [3.8, 4) is 17.6 Å². The summed E-state index contributed by atoms with van der Waals surface area (Å²) >= 11 is 1.19. The van der Waals surface area contributed by atoms with Crippen LogP contribution in [0, 0.1) is 17.7 Å². The molecule has 1 heterocycles. The van der Waals surface area contributed by atoms with E-state index >= 15 is 0 Å². The summed E-state index contributed by atoms with van der Waals surface area (Å²) in [5.74, 6) is 4.51. The summed E-state index contributed by atoms with van der Waals surface area (Å²) < 4.78 is 48.9. The molecule has 0 spiro atoms. The number of methoxy groups -OCH3 is 2. The molecule has 2 aromatic rings. The van der Waals surface area contributed by atoms with E-state index in [2.05, 4.69) is 50.7 Å². The van der Waals surface area contributed by atoms with Crippen LogP contribution in [0.25, 0.3) is 0 Å². The average Bonchev–Trinajstić information content (AvgIpc) is 3.44. The molecule has 12 nitrogen and oxygen atoms in total. The Morgan fingerprint density at radius 1 is 0.981 bits per heavy atom. The molecule has 302 valence electrons. The first kappa shape index (κ1) is 46.4. The molecule has 2 amide bonds. The predicted molar refractivity (Wildman–Crippen MR) is 212 cm³/mol. The summed E-state index contributed by atoms with van der Waals surface area (Å²) in [5, 5.41) is 0.254. The largest absolute Gasteiger partial charge is 0.491 e. The SMILES string of the molecule is COCC(CCN(C(=O)OC(C)(C)C)c1nc(C(=O)OC)c(CCCOc2ccc(C#CCN(C)C(=O)OC(C)(C)C)cc2F)s1)O[Si](C)(C)C(C)(C)C. The number of hydrogen-bond acceptors (Lipinski definition) is 11.